The van der Waals surface area contributed by atoms with Crippen LogP contribution in [0.4, 0.5) is 19.1 Å². The second kappa shape index (κ2) is 22.9. The van der Waals surface area contributed by atoms with Gasteiger partial charge in [0.25, 0.3) is 0 Å². The molecule has 2 aliphatic heterocycles. The Hall–Kier alpha value is -7.53. The summed E-state index contributed by atoms with van der Waals surface area (Å²) in [6.07, 6.45) is 0.0662. The number of anilines is 1. The third-order valence-electron chi connectivity index (χ3n) is 12.6. The summed E-state index contributed by atoms with van der Waals surface area (Å²) < 4.78 is 67.8. The van der Waals surface area contributed by atoms with E-state index in [-0.39, 0.29) is 36.8 Å². The molecule has 17 heteroatoms. The molecule has 5 heterocycles. The quantitative estimate of drug-likeness (QED) is 0.0826. The SMILES string of the molecule is COC(=O)[C@@H]1CN[C@@H](Cc2ccc(OCCc3nc(-c4ccccc4)oc3C)cc2)C1.Cc1oc(-c2ccccc2)nc1CCOc1ccc(C[C@H]2C[C@H](C(=O)O)CN2c2nccc(C(F)(F)F)n2)cc1. The van der Waals surface area contributed by atoms with Crippen LogP contribution in [0, 0.1) is 25.7 Å². The van der Waals surface area contributed by atoms with Crippen LogP contribution in [0.3, 0.4) is 0 Å². The van der Waals surface area contributed by atoms with Gasteiger partial charge in [0, 0.05) is 55.3 Å². The smallest absolute Gasteiger partial charge is 0.433 e. The van der Waals surface area contributed by atoms with Crippen LogP contribution >= 0.6 is 0 Å². The van der Waals surface area contributed by atoms with Crippen molar-refractivity contribution in [3.63, 3.8) is 0 Å². The number of alkyl halides is 3. The molecule has 14 nitrogen and oxygen atoms in total. The minimum absolute atomic E-state index is 0.0377. The number of methoxy groups -OCH3 is 1. The molecule has 0 unspecified atom stereocenters. The number of aliphatic carboxylic acids is 1. The fourth-order valence-corrected chi connectivity index (χ4v) is 8.76. The molecule has 2 N–H and O–H groups in total. The lowest BCUT2D eigenvalue weighted by molar-refractivity contribution is -0.145. The van der Waals surface area contributed by atoms with Gasteiger partial charge < -0.3 is 38.4 Å². The highest BCUT2D eigenvalue weighted by Gasteiger charge is 2.39. The summed E-state index contributed by atoms with van der Waals surface area (Å²) in [5.41, 5.74) is 4.67. The van der Waals surface area contributed by atoms with E-state index in [1.54, 1.807) is 4.90 Å². The number of rotatable bonds is 17. The molecule has 71 heavy (non-hydrogen) atoms. The van der Waals surface area contributed by atoms with Crippen molar-refractivity contribution in [2.24, 2.45) is 11.8 Å². The van der Waals surface area contributed by atoms with Gasteiger partial charge in [-0.1, -0.05) is 60.7 Å². The summed E-state index contributed by atoms with van der Waals surface area (Å²) in [4.78, 5) is 41.8. The molecular formula is C54H55F3N6O8. The molecule has 0 bridgehead atoms. The number of nitrogens with one attached hydrogen (secondary N) is 1. The molecular weight excluding hydrogens is 918 g/mol. The first kappa shape index (κ1) is 49.9. The number of carbonyl (C=O) groups is 2. The summed E-state index contributed by atoms with van der Waals surface area (Å²) in [7, 11) is 1.44. The Labute approximate surface area is 409 Å². The monoisotopic (exact) mass is 972 g/mol. The van der Waals surface area contributed by atoms with Crippen LogP contribution in [0.5, 0.6) is 11.5 Å². The maximum absolute atomic E-state index is 13.2. The highest BCUT2D eigenvalue weighted by Crippen LogP contribution is 2.33. The maximum atomic E-state index is 13.2. The van der Waals surface area contributed by atoms with Gasteiger partial charge in [0.15, 0.2) is 0 Å². The number of nitrogens with zero attached hydrogens (tertiary/aromatic N) is 5. The lowest BCUT2D eigenvalue weighted by Crippen LogP contribution is -2.33. The second-order valence-electron chi connectivity index (χ2n) is 17.5. The second-order valence-corrected chi connectivity index (χ2v) is 17.5. The average Bonchev–Trinajstić information content (AvgIpc) is 4.20. The van der Waals surface area contributed by atoms with Crippen molar-refractivity contribution in [1.82, 2.24) is 25.3 Å². The standard InChI is InChI=1S/C29H27F3N4O4.C25H28N2O4/c1-18-24(34-26(40-18)20-5-3-2-4-6-20)12-14-39-23-9-7-19(8-10-23)15-22-16-21(27(37)38)17-36(22)28-33-13-11-25(35-28)29(30,31)32;1-17-23(27-24(31-17)19-6-4-3-5-7-19)12-13-30-22-10-8-18(9-11-22)14-21-15-20(16-26-21)25(28)29-2/h2-11,13,21-22H,12,14-17H2,1H3,(H,37,38);3-11,20-21,26H,12-16H2,1-2H3/t21-,22-;20-,21-/m00/s1. The fourth-order valence-electron chi connectivity index (χ4n) is 8.76. The number of carboxylic acids is 1. The predicted octanol–water partition coefficient (Wildman–Crippen LogP) is 9.57. The van der Waals surface area contributed by atoms with Gasteiger partial charge in [-0.3, -0.25) is 9.59 Å². The first-order chi connectivity index (χ1) is 34.3. The van der Waals surface area contributed by atoms with E-state index in [2.05, 4.69) is 37.4 Å². The summed E-state index contributed by atoms with van der Waals surface area (Å²) in [6.45, 7) is 5.46. The van der Waals surface area contributed by atoms with Gasteiger partial charge in [0.05, 0.1) is 43.5 Å². The van der Waals surface area contributed by atoms with E-state index < -0.39 is 23.8 Å². The Morgan fingerprint density at radius 1 is 0.718 bits per heavy atom. The number of esters is 1. The Bertz CT molecular complexity index is 2840. The number of hydrogen-bond acceptors (Lipinski definition) is 13. The molecule has 0 spiro atoms. The Balaban J connectivity index is 0.000000197. The third-order valence-corrected chi connectivity index (χ3v) is 12.6. The zero-order chi connectivity index (χ0) is 49.9. The van der Waals surface area contributed by atoms with Crippen LogP contribution in [0.1, 0.15) is 52.6 Å². The number of carboxylic acid groups (broad SMARTS) is 1. The van der Waals surface area contributed by atoms with Gasteiger partial charge in [-0.05, 0) is 105 Å². The summed E-state index contributed by atoms with van der Waals surface area (Å²) in [5, 5.41) is 13.0. The first-order valence-electron chi connectivity index (χ1n) is 23.5. The van der Waals surface area contributed by atoms with Gasteiger partial charge >= 0.3 is 18.1 Å². The van der Waals surface area contributed by atoms with Gasteiger partial charge in [-0.15, -0.1) is 0 Å². The Morgan fingerprint density at radius 2 is 1.25 bits per heavy atom. The predicted molar refractivity (Wildman–Crippen MR) is 258 cm³/mol. The van der Waals surface area contributed by atoms with Crippen LogP contribution in [-0.2, 0) is 46.2 Å². The van der Waals surface area contributed by atoms with Crippen molar-refractivity contribution in [3.8, 4) is 34.4 Å². The van der Waals surface area contributed by atoms with Crippen molar-refractivity contribution in [2.45, 2.75) is 70.6 Å². The minimum atomic E-state index is -4.62. The number of carbonyl (C=O) groups excluding carboxylic acids is 1. The highest BCUT2D eigenvalue weighted by atomic mass is 19.4. The zero-order valence-electron chi connectivity index (χ0n) is 39.6. The topological polar surface area (TPSA) is 175 Å². The van der Waals surface area contributed by atoms with E-state index >= 15 is 0 Å². The lowest BCUT2D eigenvalue weighted by Gasteiger charge is -2.25. The van der Waals surface area contributed by atoms with Crippen molar-refractivity contribution in [1.29, 1.82) is 0 Å². The van der Waals surface area contributed by atoms with E-state index in [4.69, 9.17) is 23.0 Å². The van der Waals surface area contributed by atoms with Crippen LogP contribution in [-0.4, -0.2) is 82.5 Å². The summed E-state index contributed by atoms with van der Waals surface area (Å²) >= 11 is 0. The molecule has 0 saturated carbocycles. The molecule has 2 fully saturated rings. The molecule has 9 rings (SSSR count). The molecule has 4 atom stereocenters. The van der Waals surface area contributed by atoms with Crippen LogP contribution in [0.2, 0.25) is 0 Å². The minimum Gasteiger partial charge on any atom is -0.493 e. The zero-order valence-corrected chi connectivity index (χ0v) is 39.6. The highest BCUT2D eigenvalue weighted by molar-refractivity contribution is 5.73. The van der Waals surface area contributed by atoms with E-state index in [9.17, 15) is 27.9 Å². The number of aromatic nitrogens is 4. The van der Waals surface area contributed by atoms with Gasteiger partial charge in [-0.2, -0.15) is 13.2 Å². The van der Waals surface area contributed by atoms with E-state index in [0.29, 0.717) is 62.6 Å². The van der Waals surface area contributed by atoms with Crippen molar-refractivity contribution >= 4 is 17.9 Å². The molecule has 0 radical (unpaired) electrons. The van der Waals surface area contributed by atoms with E-state index in [1.807, 2.05) is 111 Å². The number of aryl methyl sites for hydroxylation is 2. The van der Waals surface area contributed by atoms with Gasteiger partial charge in [0.1, 0.15) is 28.7 Å². The molecule has 2 aliphatic rings. The molecule has 0 aliphatic carbocycles. The number of oxazole rings is 2. The van der Waals surface area contributed by atoms with Crippen LogP contribution in [0.25, 0.3) is 22.9 Å². The third kappa shape index (κ3) is 13.2. The average molecular weight is 973 g/mol. The lowest BCUT2D eigenvalue weighted by atomic mass is 10.00. The summed E-state index contributed by atoms with van der Waals surface area (Å²) in [5.74, 6) is 2.25. The molecule has 370 valence electrons. The van der Waals surface area contributed by atoms with Crippen molar-refractivity contribution < 1.29 is 50.9 Å². The maximum Gasteiger partial charge on any atom is 0.433 e. The van der Waals surface area contributed by atoms with Crippen molar-refractivity contribution in [2.75, 3.05) is 38.3 Å². The normalized spacial score (nSPS) is 17.6. The van der Waals surface area contributed by atoms with E-state index in [1.165, 1.54) is 12.7 Å². The van der Waals surface area contributed by atoms with Crippen LogP contribution in [0.15, 0.2) is 130 Å². The number of halogens is 3. The van der Waals surface area contributed by atoms with E-state index in [0.717, 1.165) is 70.5 Å². The van der Waals surface area contributed by atoms with Crippen LogP contribution < -0.4 is 19.7 Å². The molecule has 0 amide bonds. The molecule has 3 aromatic heterocycles. The van der Waals surface area contributed by atoms with Crippen molar-refractivity contribution in [3.05, 3.63) is 161 Å². The number of benzene rings is 4. The number of ether oxygens (including phenoxy) is 3. The first-order valence-corrected chi connectivity index (χ1v) is 23.5. The molecule has 2 saturated heterocycles. The molecule has 4 aromatic carbocycles. The fraction of sp³-hybridized carbons (Fsp3) is 0.333. The molecule has 7 aromatic rings. The largest absolute Gasteiger partial charge is 0.493 e. The Morgan fingerprint density at radius 3 is 1.76 bits per heavy atom. The number of hydrogen-bond donors (Lipinski definition) is 2. The van der Waals surface area contributed by atoms with Gasteiger partial charge in [0.2, 0.25) is 17.7 Å². The Kier molecular flexibility index (Phi) is 16.1. The van der Waals surface area contributed by atoms with Gasteiger partial charge in [-0.25, -0.2) is 19.9 Å². The summed E-state index contributed by atoms with van der Waals surface area (Å²) in [6, 6.07) is 35.8.